The minimum atomic E-state index is -0.0814. The molecule has 21 heavy (non-hydrogen) atoms. The van der Waals surface area contributed by atoms with Crippen LogP contribution < -0.4 is 11.3 Å². The van der Waals surface area contributed by atoms with Gasteiger partial charge in [-0.3, -0.25) is 5.84 Å². The highest BCUT2D eigenvalue weighted by atomic mass is 16.3. The van der Waals surface area contributed by atoms with Crippen molar-refractivity contribution in [1.29, 1.82) is 0 Å². The molecule has 3 rings (SSSR count). The maximum absolute atomic E-state index is 5.72. The largest absolute Gasteiger partial charge is 0.467 e. The summed E-state index contributed by atoms with van der Waals surface area (Å²) in [6.45, 7) is 5.02. The molecule has 1 aromatic carbocycles. The van der Waals surface area contributed by atoms with Crippen LogP contribution in [0.4, 0.5) is 0 Å². The molecule has 0 spiro atoms. The van der Waals surface area contributed by atoms with E-state index in [-0.39, 0.29) is 6.04 Å². The summed E-state index contributed by atoms with van der Waals surface area (Å²) < 4.78 is 7.78. The first-order valence-corrected chi connectivity index (χ1v) is 7.18. The Hall–Kier alpha value is -2.11. The quantitative estimate of drug-likeness (QED) is 0.558. The molecule has 5 heteroatoms. The van der Waals surface area contributed by atoms with Crippen LogP contribution in [0.5, 0.6) is 0 Å². The van der Waals surface area contributed by atoms with E-state index in [9.17, 15) is 0 Å². The fourth-order valence-corrected chi connectivity index (χ4v) is 2.79. The molecule has 0 aliphatic heterocycles. The van der Waals surface area contributed by atoms with E-state index in [1.54, 1.807) is 6.26 Å². The van der Waals surface area contributed by atoms with Gasteiger partial charge in [0, 0.05) is 13.0 Å². The fourth-order valence-electron chi connectivity index (χ4n) is 2.79. The molecule has 5 nitrogen and oxygen atoms in total. The van der Waals surface area contributed by atoms with Crippen LogP contribution in [-0.2, 0) is 13.0 Å². The Balaban J connectivity index is 1.98. The van der Waals surface area contributed by atoms with E-state index < -0.39 is 0 Å². The van der Waals surface area contributed by atoms with Crippen molar-refractivity contribution < 1.29 is 4.42 Å². The lowest BCUT2D eigenvalue weighted by Crippen LogP contribution is -2.30. The van der Waals surface area contributed by atoms with Gasteiger partial charge in [0.15, 0.2) is 0 Å². The molecule has 0 aliphatic rings. The van der Waals surface area contributed by atoms with E-state index in [2.05, 4.69) is 23.0 Å². The molecule has 2 aromatic heterocycles. The summed E-state index contributed by atoms with van der Waals surface area (Å²) in [7, 11) is 0. The van der Waals surface area contributed by atoms with Gasteiger partial charge in [-0.1, -0.05) is 12.1 Å². The molecule has 0 amide bonds. The molecule has 0 radical (unpaired) electrons. The second-order valence-corrected chi connectivity index (χ2v) is 5.15. The zero-order valence-corrected chi connectivity index (χ0v) is 12.3. The summed E-state index contributed by atoms with van der Waals surface area (Å²) in [6, 6.07) is 10.0. The second-order valence-electron chi connectivity index (χ2n) is 5.15. The zero-order valence-electron chi connectivity index (χ0n) is 12.3. The Morgan fingerprint density at radius 1 is 1.33 bits per heavy atom. The smallest absolute Gasteiger partial charge is 0.125 e. The van der Waals surface area contributed by atoms with Gasteiger partial charge >= 0.3 is 0 Å². The van der Waals surface area contributed by atoms with Crippen molar-refractivity contribution in [2.75, 3.05) is 0 Å². The maximum Gasteiger partial charge on any atom is 0.125 e. The summed E-state index contributed by atoms with van der Waals surface area (Å²) in [6.07, 6.45) is 2.38. The Bertz CT molecular complexity index is 744. The van der Waals surface area contributed by atoms with E-state index in [1.165, 1.54) is 0 Å². The normalized spacial score (nSPS) is 12.9. The van der Waals surface area contributed by atoms with Crippen molar-refractivity contribution >= 4 is 11.0 Å². The third-order valence-electron chi connectivity index (χ3n) is 3.86. The molecular weight excluding hydrogens is 264 g/mol. The molecule has 0 saturated heterocycles. The van der Waals surface area contributed by atoms with Crippen molar-refractivity contribution in [2.24, 2.45) is 5.84 Å². The van der Waals surface area contributed by atoms with Crippen LogP contribution in [0, 0.1) is 6.92 Å². The molecule has 1 unspecified atom stereocenters. The summed E-state index contributed by atoms with van der Waals surface area (Å²) in [5.41, 5.74) is 6.11. The Morgan fingerprint density at radius 3 is 2.81 bits per heavy atom. The monoisotopic (exact) mass is 284 g/mol. The third-order valence-corrected chi connectivity index (χ3v) is 3.86. The van der Waals surface area contributed by atoms with Crippen LogP contribution in [0.2, 0.25) is 0 Å². The van der Waals surface area contributed by atoms with Crippen LogP contribution in [0.15, 0.2) is 41.0 Å². The minimum absolute atomic E-state index is 0.0814. The first-order valence-electron chi connectivity index (χ1n) is 7.18. The lowest BCUT2D eigenvalue weighted by molar-refractivity contribution is 0.405. The summed E-state index contributed by atoms with van der Waals surface area (Å²) in [4.78, 5) is 4.74. The summed E-state index contributed by atoms with van der Waals surface area (Å²) in [5.74, 6) is 7.60. The van der Waals surface area contributed by atoms with E-state index in [1.807, 2.05) is 31.2 Å². The van der Waals surface area contributed by atoms with Crippen molar-refractivity contribution in [2.45, 2.75) is 32.9 Å². The minimum Gasteiger partial charge on any atom is -0.467 e. The zero-order chi connectivity index (χ0) is 14.8. The molecule has 0 saturated carbocycles. The number of imidazole rings is 1. The van der Waals surface area contributed by atoms with Gasteiger partial charge in [0.05, 0.1) is 23.3 Å². The summed E-state index contributed by atoms with van der Waals surface area (Å²) >= 11 is 0. The number of aromatic nitrogens is 2. The molecule has 0 aliphatic carbocycles. The van der Waals surface area contributed by atoms with Gasteiger partial charge in [-0.05, 0) is 37.6 Å². The Labute approximate surface area is 123 Å². The van der Waals surface area contributed by atoms with Crippen LogP contribution in [0.25, 0.3) is 11.0 Å². The van der Waals surface area contributed by atoms with Crippen molar-refractivity contribution in [3.8, 4) is 0 Å². The average molecular weight is 284 g/mol. The number of furan rings is 1. The van der Waals surface area contributed by atoms with Gasteiger partial charge in [0.25, 0.3) is 0 Å². The number of aryl methyl sites for hydroxylation is 2. The van der Waals surface area contributed by atoms with Crippen LogP contribution in [0.1, 0.15) is 30.1 Å². The van der Waals surface area contributed by atoms with E-state index in [4.69, 9.17) is 15.2 Å². The number of benzene rings is 1. The van der Waals surface area contributed by atoms with Crippen LogP contribution in [0.3, 0.4) is 0 Å². The lowest BCUT2D eigenvalue weighted by atomic mass is 10.1. The Kier molecular flexibility index (Phi) is 3.77. The highest BCUT2D eigenvalue weighted by molar-refractivity contribution is 5.75. The molecular formula is C16H20N4O. The molecule has 110 valence electrons. The number of hydrazine groups is 1. The number of nitrogens with one attached hydrogen (secondary N) is 1. The van der Waals surface area contributed by atoms with Crippen LogP contribution >= 0.6 is 0 Å². The highest BCUT2D eigenvalue weighted by Gasteiger charge is 2.20. The number of fused-ring (bicyclic) bond motifs is 1. The van der Waals surface area contributed by atoms with E-state index >= 15 is 0 Å². The van der Waals surface area contributed by atoms with Crippen LogP contribution in [-0.4, -0.2) is 9.55 Å². The predicted octanol–water partition coefficient (Wildman–Crippen LogP) is 2.70. The fraction of sp³-hybridized carbons (Fsp3) is 0.312. The van der Waals surface area contributed by atoms with E-state index in [0.717, 1.165) is 34.7 Å². The molecule has 2 heterocycles. The van der Waals surface area contributed by atoms with Crippen molar-refractivity contribution in [3.05, 3.63) is 53.7 Å². The van der Waals surface area contributed by atoms with Gasteiger partial charge < -0.3 is 8.98 Å². The molecule has 0 fully saturated rings. The number of hydrogen-bond acceptors (Lipinski definition) is 4. The van der Waals surface area contributed by atoms with Gasteiger partial charge in [0.2, 0.25) is 0 Å². The van der Waals surface area contributed by atoms with Gasteiger partial charge in [-0.2, -0.15) is 0 Å². The summed E-state index contributed by atoms with van der Waals surface area (Å²) in [5, 5.41) is 0. The molecule has 1 atom stereocenters. The predicted molar refractivity (Wildman–Crippen MR) is 82.6 cm³/mol. The number of rotatable bonds is 5. The standard InChI is InChI=1S/C16H20N4O/c1-3-20-14-7-5-4-6-12(14)18-15(20)10-13(19-17)16-11(2)8-9-21-16/h4-9,13,19H,3,10,17H2,1-2H3. The van der Waals surface area contributed by atoms with Crippen molar-refractivity contribution in [3.63, 3.8) is 0 Å². The maximum atomic E-state index is 5.72. The first kappa shape index (κ1) is 13.9. The van der Waals surface area contributed by atoms with Gasteiger partial charge in [-0.15, -0.1) is 0 Å². The van der Waals surface area contributed by atoms with Crippen molar-refractivity contribution in [1.82, 2.24) is 15.0 Å². The molecule has 3 aromatic rings. The second kappa shape index (κ2) is 5.71. The number of hydrogen-bond donors (Lipinski definition) is 2. The highest BCUT2D eigenvalue weighted by Crippen LogP contribution is 2.24. The Morgan fingerprint density at radius 2 is 2.14 bits per heavy atom. The SMILES string of the molecule is CCn1c(CC(NN)c2occc2C)nc2ccccc21. The first-order chi connectivity index (χ1) is 10.2. The third kappa shape index (κ3) is 2.46. The molecule has 3 N–H and O–H groups in total. The van der Waals surface area contributed by atoms with Gasteiger partial charge in [-0.25, -0.2) is 10.4 Å². The lowest BCUT2D eigenvalue weighted by Gasteiger charge is -2.15. The number of para-hydroxylation sites is 2. The van der Waals surface area contributed by atoms with E-state index in [0.29, 0.717) is 6.42 Å². The number of nitrogens with two attached hydrogens (primary N) is 1. The van der Waals surface area contributed by atoms with Gasteiger partial charge in [0.1, 0.15) is 11.6 Å². The topological polar surface area (TPSA) is 69.0 Å². The molecule has 0 bridgehead atoms. The number of nitrogens with zero attached hydrogens (tertiary/aromatic N) is 2. The average Bonchev–Trinajstić information content (AvgIpc) is 3.07.